The fourth-order valence-electron chi connectivity index (χ4n) is 2.14. The highest BCUT2D eigenvalue weighted by Crippen LogP contribution is 2.18. The predicted octanol–water partition coefficient (Wildman–Crippen LogP) is 2.36. The van der Waals surface area contributed by atoms with Gasteiger partial charge in [-0.05, 0) is 69.4 Å². The minimum atomic E-state index is 0.843. The molecule has 0 radical (unpaired) electrons. The van der Waals surface area contributed by atoms with E-state index in [4.69, 9.17) is 4.74 Å². The summed E-state index contributed by atoms with van der Waals surface area (Å²) in [5, 5.41) is 7.04. The molecule has 1 aromatic rings. The number of rotatable bonds is 10. The summed E-state index contributed by atoms with van der Waals surface area (Å²) in [5.74, 6) is 0.935. The molecule has 106 valence electrons. The molecule has 0 amide bonds. The monoisotopic (exact) mass is 262 g/mol. The summed E-state index contributed by atoms with van der Waals surface area (Å²) in [6.07, 6.45) is 6.34. The van der Waals surface area contributed by atoms with Crippen molar-refractivity contribution in [2.75, 3.05) is 26.7 Å². The molecule has 1 aromatic carbocycles. The Hall–Kier alpha value is -1.06. The summed E-state index contributed by atoms with van der Waals surface area (Å²) >= 11 is 0. The lowest BCUT2D eigenvalue weighted by Crippen LogP contribution is -2.24. The molecule has 0 bridgehead atoms. The van der Waals surface area contributed by atoms with Crippen LogP contribution in [0.25, 0.3) is 0 Å². The van der Waals surface area contributed by atoms with E-state index in [1.807, 2.05) is 12.1 Å². The summed E-state index contributed by atoms with van der Waals surface area (Å²) in [6.45, 7) is 3.40. The highest BCUT2D eigenvalue weighted by atomic mass is 16.5. The molecular formula is C16H26N2O. The molecule has 0 aliphatic heterocycles. The molecule has 2 rings (SSSR count). The average Bonchev–Trinajstić information content (AvgIpc) is 3.26. The van der Waals surface area contributed by atoms with Gasteiger partial charge < -0.3 is 15.4 Å². The first-order valence-electron chi connectivity index (χ1n) is 7.45. The normalized spacial score (nSPS) is 14.6. The summed E-state index contributed by atoms with van der Waals surface area (Å²) in [4.78, 5) is 0. The number of benzene rings is 1. The van der Waals surface area contributed by atoms with Gasteiger partial charge in [0.2, 0.25) is 0 Å². The molecule has 3 nitrogen and oxygen atoms in total. The highest BCUT2D eigenvalue weighted by Gasteiger charge is 2.19. The second-order valence-electron chi connectivity index (χ2n) is 5.28. The lowest BCUT2D eigenvalue weighted by Gasteiger charge is -2.06. The number of aryl methyl sites for hydroxylation is 1. The van der Waals surface area contributed by atoms with Crippen LogP contribution in [-0.2, 0) is 6.42 Å². The van der Waals surface area contributed by atoms with Gasteiger partial charge in [0.25, 0.3) is 0 Å². The molecule has 1 aliphatic rings. The van der Waals surface area contributed by atoms with Crippen LogP contribution in [0.1, 0.15) is 31.2 Å². The smallest absolute Gasteiger partial charge is 0.118 e. The Morgan fingerprint density at radius 2 is 1.79 bits per heavy atom. The third-order valence-electron chi connectivity index (χ3n) is 3.52. The molecule has 1 fully saturated rings. The van der Waals surface area contributed by atoms with Crippen LogP contribution in [-0.4, -0.2) is 32.8 Å². The van der Waals surface area contributed by atoms with E-state index in [0.717, 1.165) is 37.8 Å². The van der Waals surface area contributed by atoms with Crippen LogP contribution in [0.4, 0.5) is 0 Å². The number of hydrogen-bond donors (Lipinski definition) is 2. The van der Waals surface area contributed by atoms with Gasteiger partial charge >= 0.3 is 0 Å². The van der Waals surface area contributed by atoms with Crippen LogP contribution in [0.2, 0.25) is 0 Å². The first kappa shape index (κ1) is 14.4. The van der Waals surface area contributed by atoms with Crippen LogP contribution in [0.3, 0.4) is 0 Å². The van der Waals surface area contributed by atoms with E-state index in [1.54, 1.807) is 7.11 Å². The van der Waals surface area contributed by atoms with Crippen molar-refractivity contribution in [1.29, 1.82) is 0 Å². The first-order valence-corrected chi connectivity index (χ1v) is 7.45. The Balaban J connectivity index is 1.44. The lowest BCUT2D eigenvalue weighted by molar-refractivity contribution is 0.414. The fraction of sp³-hybridized carbons (Fsp3) is 0.625. The maximum Gasteiger partial charge on any atom is 0.118 e. The maximum absolute atomic E-state index is 5.15. The van der Waals surface area contributed by atoms with Crippen LogP contribution in [0.15, 0.2) is 24.3 Å². The molecule has 0 heterocycles. The summed E-state index contributed by atoms with van der Waals surface area (Å²) in [6, 6.07) is 9.21. The summed E-state index contributed by atoms with van der Waals surface area (Å²) < 4.78 is 5.15. The Morgan fingerprint density at radius 1 is 1.05 bits per heavy atom. The molecule has 0 saturated heterocycles. The fourth-order valence-corrected chi connectivity index (χ4v) is 2.14. The molecule has 1 saturated carbocycles. The first-order chi connectivity index (χ1) is 9.38. The molecule has 19 heavy (non-hydrogen) atoms. The van der Waals surface area contributed by atoms with E-state index in [-0.39, 0.29) is 0 Å². The number of nitrogens with one attached hydrogen (secondary N) is 2. The minimum Gasteiger partial charge on any atom is -0.497 e. The zero-order chi connectivity index (χ0) is 13.3. The van der Waals surface area contributed by atoms with E-state index < -0.39 is 0 Å². The van der Waals surface area contributed by atoms with Gasteiger partial charge in [0.15, 0.2) is 0 Å². The van der Waals surface area contributed by atoms with Gasteiger partial charge in [-0.25, -0.2) is 0 Å². The van der Waals surface area contributed by atoms with Crippen LogP contribution < -0.4 is 15.4 Å². The Kier molecular flexibility index (Phi) is 6.18. The molecule has 2 N–H and O–H groups in total. The van der Waals surface area contributed by atoms with Crippen LogP contribution in [0.5, 0.6) is 5.75 Å². The Labute approximate surface area is 116 Å². The minimum absolute atomic E-state index is 0.843. The van der Waals surface area contributed by atoms with Crippen molar-refractivity contribution in [1.82, 2.24) is 10.6 Å². The number of methoxy groups -OCH3 is 1. The molecular weight excluding hydrogens is 236 g/mol. The van der Waals surface area contributed by atoms with Crippen molar-refractivity contribution in [3.05, 3.63) is 29.8 Å². The van der Waals surface area contributed by atoms with Crippen LogP contribution >= 0.6 is 0 Å². The molecule has 1 aliphatic carbocycles. The second kappa shape index (κ2) is 8.18. The third-order valence-corrected chi connectivity index (χ3v) is 3.52. The van der Waals surface area contributed by atoms with E-state index in [1.165, 1.54) is 31.2 Å². The van der Waals surface area contributed by atoms with Gasteiger partial charge in [-0.2, -0.15) is 0 Å². The van der Waals surface area contributed by atoms with Crippen molar-refractivity contribution in [2.45, 2.75) is 38.1 Å². The van der Waals surface area contributed by atoms with Gasteiger partial charge in [0.05, 0.1) is 7.11 Å². The zero-order valence-corrected chi connectivity index (χ0v) is 12.0. The largest absolute Gasteiger partial charge is 0.497 e. The van der Waals surface area contributed by atoms with Crippen molar-refractivity contribution >= 4 is 0 Å². The highest BCUT2D eigenvalue weighted by molar-refractivity contribution is 5.27. The van der Waals surface area contributed by atoms with E-state index in [2.05, 4.69) is 22.8 Å². The second-order valence-corrected chi connectivity index (χ2v) is 5.28. The summed E-state index contributed by atoms with van der Waals surface area (Å²) in [5.41, 5.74) is 1.39. The average molecular weight is 262 g/mol. The summed E-state index contributed by atoms with van der Waals surface area (Å²) in [7, 11) is 1.71. The quantitative estimate of drug-likeness (QED) is 0.635. The number of ether oxygens (including phenoxy) is 1. The maximum atomic E-state index is 5.15. The van der Waals surface area contributed by atoms with E-state index >= 15 is 0 Å². The van der Waals surface area contributed by atoms with Gasteiger partial charge in [-0.1, -0.05) is 12.1 Å². The molecule has 0 atom stereocenters. The molecule has 0 aromatic heterocycles. The lowest BCUT2D eigenvalue weighted by atomic mass is 10.1. The molecule has 0 spiro atoms. The molecule has 3 heteroatoms. The van der Waals surface area contributed by atoms with Crippen molar-refractivity contribution in [3.8, 4) is 5.75 Å². The standard InChI is InChI=1S/C16H26N2O/c1-19-16-9-5-14(6-10-16)4-2-11-17-12-3-13-18-15-7-8-15/h5-6,9-10,15,17-18H,2-4,7-8,11-13H2,1H3. The van der Waals surface area contributed by atoms with Gasteiger partial charge in [-0.15, -0.1) is 0 Å². The van der Waals surface area contributed by atoms with Crippen LogP contribution in [0, 0.1) is 0 Å². The number of hydrogen-bond acceptors (Lipinski definition) is 3. The van der Waals surface area contributed by atoms with Crippen molar-refractivity contribution in [3.63, 3.8) is 0 Å². The van der Waals surface area contributed by atoms with Crippen molar-refractivity contribution in [2.24, 2.45) is 0 Å². The van der Waals surface area contributed by atoms with Gasteiger partial charge in [0.1, 0.15) is 5.75 Å². The SMILES string of the molecule is COc1ccc(CCCNCCCNC2CC2)cc1. The Bertz CT molecular complexity index is 346. The van der Waals surface area contributed by atoms with Crippen molar-refractivity contribution < 1.29 is 4.74 Å². The Morgan fingerprint density at radius 3 is 2.47 bits per heavy atom. The zero-order valence-electron chi connectivity index (χ0n) is 12.0. The van der Waals surface area contributed by atoms with Gasteiger partial charge in [0, 0.05) is 6.04 Å². The van der Waals surface area contributed by atoms with E-state index in [0.29, 0.717) is 0 Å². The third kappa shape index (κ3) is 6.08. The predicted molar refractivity (Wildman–Crippen MR) is 79.8 cm³/mol. The van der Waals surface area contributed by atoms with E-state index in [9.17, 15) is 0 Å². The topological polar surface area (TPSA) is 33.3 Å². The molecule has 0 unspecified atom stereocenters. The van der Waals surface area contributed by atoms with Gasteiger partial charge in [-0.3, -0.25) is 0 Å².